The first-order valence-electron chi connectivity index (χ1n) is 8.52. The number of nitrogens with zero attached hydrogens (tertiary/aromatic N) is 1. The molecule has 0 spiro atoms. The summed E-state index contributed by atoms with van der Waals surface area (Å²) in [7, 11) is 0. The van der Waals surface area contributed by atoms with E-state index in [-0.39, 0.29) is 29.8 Å². The Morgan fingerprint density at radius 2 is 1.76 bits per heavy atom. The van der Waals surface area contributed by atoms with Crippen LogP contribution in [0.15, 0.2) is 0 Å². The largest absolute Gasteiger partial charge is 0.340 e. The van der Waals surface area contributed by atoms with Crippen LogP contribution in [0.5, 0.6) is 0 Å². The summed E-state index contributed by atoms with van der Waals surface area (Å²) in [4.78, 5) is 27.8. The SMILES string of the molecule is CCC1(CC)NC(=O)C(C(C)C)N(C(C)C2CCC2)C1=O. The van der Waals surface area contributed by atoms with Crippen LogP contribution in [0.1, 0.15) is 66.7 Å². The van der Waals surface area contributed by atoms with Crippen molar-refractivity contribution < 1.29 is 9.59 Å². The second-order valence-corrected chi connectivity index (χ2v) is 7.11. The van der Waals surface area contributed by atoms with Gasteiger partial charge in [0.1, 0.15) is 11.6 Å². The van der Waals surface area contributed by atoms with Gasteiger partial charge in [-0.15, -0.1) is 0 Å². The van der Waals surface area contributed by atoms with E-state index >= 15 is 0 Å². The van der Waals surface area contributed by atoms with E-state index in [2.05, 4.69) is 12.2 Å². The lowest BCUT2D eigenvalue weighted by atomic mass is 9.76. The topological polar surface area (TPSA) is 49.4 Å². The van der Waals surface area contributed by atoms with Gasteiger partial charge in [-0.3, -0.25) is 9.59 Å². The van der Waals surface area contributed by atoms with E-state index in [1.807, 2.05) is 32.6 Å². The van der Waals surface area contributed by atoms with Crippen LogP contribution >= 0.6 is 0 Å². The number of hydrogen-bond acceptors (Lipinski definition) is 2. The molecule has 4 heteroatoms. The van der Waals surface area contributed by atoms with Crippen LogP contribution < -0.4 is 5.32 Å². The molecule has 0 bridgehead atoms. The van der Waals surface area contributed by atoms with Crippen LogP contribution in [-0.2, 0) is 9.59 Å². The van der Waals surface area contributed by atoms with E-state index in [1.54, 1.807) is 0 Å². The third-order valence-corrected chi connectivity index (χ3v) is 5.68. The number of hydrogen-bond donors (Lipinski definition) is 1. The third kappa shape index (κ3) is 2.58. The van der Waals surface area contributed by atoms with Gasteiger partial charge in [0.05, 0.1) is 0 Å². The molecule has 120 valence electrons. The van der Waals surface area contributed by atoms with Gasteiger partial charge in [-0.1, -0.05) is 34.1 Å². The molecule has 1 aliphatic carbocycles. The third-order valence-electron chi connectivity index (χ3n) is 5.68. The van der Waals surface area contributed by atoms with Crippen molar-refractivity contribution >= 4 is 11.8 Å². The standard InChI is InChI=1S/C17H30N2O2/c1-6-17(7-2)16(21)19(12(5)13-9-8-10-13)14(11(3)4)15(20)18-17/h11-14H,6-10H2,1-5H3,(H,18,20). The first-order chi connectivity index (χ1) is 9.88. The predicted octanol–water partition coefficient (Wildman–Crippen LogP) is 2.72. The van der Waals surface area contributed by atoms with Crippen molar-refractivity contribution in [3.8, 4) is 0 Å². The van der Waals surface area contributed by atoms with Gasteiger partial charge in [-0.05, 0) is 44.4 Å². The molecule has 2 unspecified atom stereocenters. The van der Waals surface area contributed by atoms with Crippen LogP contribution in [0.2, 0.25) is 0 Å². The van der Waals surface area contributed by atoms with Gasteiger partial charge >= 0.3 is 0 Å². The Kier molecular flexibility index (Phi) is 4.64. The summed E-state index contributed by atoms with van der Waals surface area (Å²) in [5.74, 6) is 0.861. The fraction of sp³-hybridized carbons (Fsp3) is 0.882. The lowest BCUT2D eigenvalue weighted by Gasteiger charge is -2.51. The minimum absolute atomic E-state index is 0.0273. The fourth-order valence-electron chi connectivity index (χ4n) is 3.80. The number of rotatable bonds is 5. The van der Waals surface area contributed by atoms with Crippen molar-refractivity contribution in [3.05, 3.63) is 0 Å². The number of piperazine rings is 1. The summed E-state index contributed by atoms with van der Waals surface area (Å²) in [5.41, 5.74) is -0.694. The van der Waals surface area contributed by atoms with Crippen molar-refractivity contribution in [2.45, 2.75) is 84.3 Å². The molecule has 0 aromatic heterocycles. The Hall–Kier alpha value is -1.06. The summed E-state index contributed by atoms with van der Waals surface area (Å²) in [6, 6.07) is -0.151. The Morgan fingerprint density at radius 3 is 2.14 bits per heavy atom. The summed E-state index contributed by atoms with van der Waals surface area (Å²) >= 11 is 0. The summed E-state index contributed by atoms with van der Waals surface area (Å²) in [5, 5.41) is 3.04. The molecule has 2 aliphatic rings. The fourth-order valence-corrected chi connectivity index (χ4v) is 3.80. The van der Waals surface area contributed by atoms with Crippen LogP contribution in [0.4, 0.5) is 0 Å². The maximum absolute atomic E-state index is 13.2. The zero-order valence-corrected chi connectivity index (χ0v) is 14.1. The van der Waals surface area contributed by atoms with Crippen LogP contribution in [-0.4, -0.2) is 34.3 Å². The van der Waals surface area contributed by atoms with E-state index < -0.39 is 5.54 Å². The molecule has 0 aromatic carbocycles. The first kappa shape index (κ1) is 16.3. The van der Waals surface area contributed by atoms with Crippen molar-refractivity contribution in [2.24, 2.45) is 11.8 Å². The smallest absolute Gasteiger partial charge is 0.249 e. The molecular formula is C17H30N2O2. The van der Waals surface area contributed by atoms with E-state index in [4.69, 9.17) is 0 Å². The zero-order chi connectivity index (χ0) is 15.8. The molecule has 4 nitrogen and oxygen atoms in total. The summed E-state index contributed by atoms with van der Waals surface area (Å²) in [6.45, 7) is 10.2. The number of carbonyl (C=O) groups is 2. The van der Waals surface area contributed by atoms with Gasteiger partial charge in [-0.2, -0.15) is 0 Å². The van der Waals surface area contributed by atoms with Gasteiger partial charge < -0.3 is 10.2 Å². The van der Waals surface area contributed by atoms with Gasteiger partial charge in [-0.25, -0.2) is 0 Å². The first-order valence-corrected chi connectivity index (χ1v) is 8.52. The molecule has 21 heavy (non-hydrogen) atoms. The van der Waals surface area contributed by atoms with Crippen LogP contribution in [0.3, 0.4) is 0 Å². The lowest BCUT2D eigenvalue weighted by molar-refractivity contribution is -0.162. The van der Waals surface area contributed by atoms with Crippen molar-refractivity contribution in [1.82, 2.24) is 10.2 Å². The quantitative estimate of drug-likeness (QED) is 0.847. The van der Waals surface area contributed by atoms with Crippen molar-refractivity contribution in [2.75, 3.05) is 0 Å². The highest BCUT2D eigenvalue weighted by Gasteiger charge is 2.52. The minimum Gasteiger partial charge on any atom is -0.340 e. The minimum atomic E-state index is -0.694. The van der Waals surface area contributed by atoms with E-state index in [0.717, 1.165) is 0 Å². The molecule has 0 aromatic rings. The zero-order valence-electron chi connectivity index (χ0n) is 14.1. The molecule has 1 aliphatic heterocycles. The highest BCUT2D eigenvalue weighted by atomic mass is 16.2. The molecule has 1 saturated heterocycles. The van der Waals surface area contributed by atoms with E-state index in [0.29, 0.717) is 18.8 Å². The highest BCUT2D eigenvalue weighted by Crippen LogP contribution is 2.37. The number of amides is 2. The highest BCUT2D eigenvalue weighted by molar-refractivity contribution is 6.00. The number of nitrogens with one attached hydrogen (secondary N) is 1. The number of carbonyl (C=O) groups excluding carboxylic acids is 2. The molecule has 2 amide bonds. The Balaban J connectivity index is 2.36. The molecule has 2 atom stereocenters. The maximum Gasteiger partial charge on any atom is 0.249 e. The summed E-state index contributed by atoms with van der Waals surface area (Å²) in [6.07, 6.45) is 4.94. The van der Waals surface area contributed by atoms with Gasteiger partial charge in [0.25, 0.3) is 0 Å². The van der Waals surface area contributed by atoms with Gasteiger partial charge in [0, 0.05) is 6.04 Å². The average molecular weight is 294 g/mol. The normalized spacial score (nSPS) is 27.5. The molecule has 2 fully saturated rings. The maximum atomic E-state index is 13.2. The molecular weight excluding hydrogens is 264 g/mol. The Bertz CT molecular complexity index is 411. The Morgan fingerprint density at radius 1 is 1.19 bits per heavy atom. The molecule has 1 heterocycles. The van der Waals surface area contributed by atoms with Gasteiger partial charge in [0.2, 0.25) is 11.8 Å². The van der Waals surface area contributed by atoms with Crippen LogP contribution in [0, 0.1) is 11.8 Å². The Labute approximate surface area is 128 Å². The summed E-state index contributed by atoms with van der Waals surface area (Å²) < 4.78 is 0. The average Bonchev–Trinajstić information content (AvgIpc) is 2.37. The lowest BCUT2D eigenvalue weighted by Crippen LogP contribution is -2.73. The molecule has 1 saturated carbocycles. The predicted molar refractivity (Wildman–Crippen MR) is 83.7 cm³/mol. The second kappa shape index (κ2) is 5.98. The van der Waals surface area contributed by atoms with Crippen molar-refractivity contribution in [1.29, 1.82) is 0 Å². The van der Waals surface area contributed by atoms with Crippen molar-refractivity contribution in [3.63, 3.8) is 0 Å². The van der Waals surface area contributed by atoms with E-state index in [9.17, 15) is 9.59 Å². The molecule has 2 rings (SSSR count). The van der Waals surface area contributed by atoms with E-state index in [1.165, 1.54) is 19.3 Å². The molecule has 1 N–H and O–H groups in total. The molecule has 0 radical (unpaired) electrons. The monoisotopic (exact) mass is 294 g/mol. The second-order valence-electron chi connectivity index (χ2n) is 7.11. The van der Waals surface area contributed by atoms with Crippen LogP contribution in [0.25, 0.3) is 0 Å². The van der Waals surface area contributed by atoms with Gasteiger partial charge in [0.15, 0.2) is 0 Å².